The molecule has 2 aromatic heterocycles. The van der Waals surface area contributed by atoms with E-state index >= 15 is 0 Å². The highest BCUT2D eigenvalue weighted by molar-refractivity contribution is 7.99. The molecule has 114 valence electrons. The van der Waals surface area contributed by atoms with Crippen LogP contribution >= 0.6 is 11.8 Å². The van der Waals surface area contributed by atoms with Gasteiger partial charge in [0.25, 0.3) is 0 Å². The molecule has 1 unspecified atom stereocenters. The molecule has 0 aliphatic rings. The molecule has 2 heterocycles. The first-order chi connectivity index (χ1) is 9.99. The van der Waals surface area contributed by atoms with E-state index in [0.29, 0.717) is 5.92 Å². The molecule has 7 heteroatoms. The van der Waals surface area contributed by atoms with Crippen LogP contribution < -0.4 is 0 Å². The Kier molecular flexibility index (Phi) is 5.06. The summed E-state index contributed by atoms with van der Waals surface area (Å²) in [6, 6.07) is 2.05. The molecule has 0 radical (unpaired) electrons. The van der Waals surface area contributed by atoms with Crippen LogP contribution in [0.2, 0.25) is 0 Å². The third kappa shape index (κ3) is 3.87. The summed E-state index contributed by atoms with van der Waals surface area (Å²) in [6.45, 7) is 7.04. The number of carboxylic acids is 1. The van der Waals surface area contributed by atoms with E-state index in [4.69, 9.17) is 5.11 Å². The summed E-state index contributed by atoms with van der Waals surface area (Å²) < 4.78 is 4.00. The molecule has 2 aromatic rings. The molecule has 1 atom stereocenters. The molecule has 0 amide bonds. The number of hydrogen-bond acceptors (Lipinski definition) is 4. The lowest BCUT2D eigenvalue weighted by Crippen LogP contribution is -2.17. The maximum Gasteiger partial charge on any atom is 0.313 e. The first-order valence-electron chi connectivity index (χ1n) is 6.88. The predicted octanol–water partition coefficient (Wildman–Crippen LogP) is 2.64. The zero-order valence-corrected chi connectivity index (χ0v) is 13.2. The van der Waals surface area contributed by atoms with Crippen molar-refractivity contribution in [3.8, 4) is 0 Å². The number of aliphatic carboxylic acids is 1. The van der Waals surface area contributed by atoms with Crippen LogP contribution in [0.5, 0.6) is 0 Å². The van der Waals surface area contributed by atoms with Crippen molar-refractivity contribution in [3.63, 3.8) is 0 Å². The number of aromatic nitrogens is 4. The number of hydrogen-bond donors (Lipinski definition) is 1. The maximum atomic E-state index is 10.8. The zero-order valence-electron chi connectivity index (χ0n) is 12.4. The van der Waals surface area contributed by atoms with Crippen LogP contribution in [-0.4, -0.2) is 36.2 Å². The smallest absolute Gasteiger partial charge is 0.313 e. The van der Waals surface area contributed by atoms with Crippen LogP contribution in [0, 0.1) is 0 Å². The first-order valence-corrected chi connectivity index (χ1v) is 7.86. The van der Waals surface area contributed by atoms with E-state index in [9.17, 15) is 4.79 Å². The average Bonchev–Trinajstić information content (AvgIpc) is 3.04. The lowest BCUT2D eigenvalue weighted by Gasteiger charge is -2.20. The number of carbonyl (C=O) groups is 1. The lowest BCUT2D eigenvalue weighted by atomic mass is 10.1. The molecule has 0 spiro atoms. The van der Waals surface area contributed by atoms with E-state index in [1.165, 1.54) is 11.8 Å². The Morgan fingerprint density at radius 2 is 2.19 bits per heavy atom. The summed E-state index contributed by atoms with van der Waals surface area (Å²) in [6.07, 6.45) is 5.52. The quantitative estimate of drug-likeness (QED) is 0.796. The van der Waals surface area contributed by atoms with Crippen LogP contribution in [0.4, 0.5) is 0 Å². The number of imidazole rings is 1. The molecular weight excluding hydrogens is 288 g/mol. The van der Waals surface area contributed by atoms with Gasteiger partial charge in [-0.3, -0.25) is 9.48 Å². The molecule has 0 fully saturated rings. The van der Waals surface area contributed by atoms with Crippen molar-refractivity contribution >= 4 is 17.7 Å². The second-order valence-corrected chi connectivity index (χ2v) is 6.19. The fourth-order valence-corrected chi connectivity index (χ4v) is 3.02. The van der Waals surface area contributed by atoms with Gasteiger partial charge < -0.3 is 9.67 Å². The third-order valence-corrected chi connectivity index (χ3v) is 4.11. The average molecular weight is 308 g/mol. The van der Waals surface area contributed by atoms with Gasteiger partial charge in [-0.05, 0) is 18.9 Å². The van der Waals surface area contributed by atoms with Crippen molar-refractivity contribution in [3.05, 3.63) is 30.4 Å². The minimum absolute atomic E-state index is 0.0169. The Balaban J connectivity index is 2.24. The van der Waals surface area contributed by atoms with Crippen LogP contribution in [0.3, 0.4) is 0 Å². The van der Waals surface area contributed by atoms with Gasteiger partial charge in [-0.15, -0.1) is 0 Å². The van der Waals surface area contributed by atoms with Gasteiger partial charge in [0.15, 0.2) is 5.16 Å². The fraction of sp³-hybridized carbons (Fsp3) is 0.500. The largest absolute Gasteiger partial charge is 0.481 e. The van der Waals surface area contributed by atoms with Gasteiger partial charge in [0.1, 0.15) is 0 Å². The zero-order chi connectivity index (χ0) is 15.4. The second-order valence-electron chi connectivity index (χ2n) is 5.25. The highest BCUT2D eigenvalue weighted by atomic mass is 32.2. The lowest BCUT2D eigenvalue weighted by molar-refractivity contribution is -0.133. The van der Waals surface area contributed by atoms with Crippen molar-refractivity contribution in [1.82, 2.24) is 19.3 Å². The van der Waals surface area contributed by atoms with Crippen LogP contribution in [0.25, 0.3) is 0 Å². The standard InChI is InChI=1S/C14H20N4O2S/c1-10(2)12-7-15-14(21-9-13(19)20)18(12)11(3)8-17-6-4-5-16-17/h4-7,10-11H,8-9H2,1-3H3,(H,19,20). The molecule has 0 saturated carbocycles. The van der Waals surface area contributed by atoms with Crippen molar-refractivity contribution in [2.75, 3.05) is 5.75 Å². The summed E-state index contributed by atoms with van der Waals surface area (Å²) in [5.41, 5.74) is 1.11. The normalized spacial score (nSPS) is 12.8. The highest BCUT2D eigenvalue weighted by Gasteiger charge is 2.19. The van der Waals surface area contributed by atoms with E-state index in [1.54, 1.807) is 6.20 Å². The van der Waals surface area contributed by atoms with Gasteiger partial charge in [0.2, 0.25) is 0 Å². The summed E-state index contributed by atoms with van der Waals surface area (Å²) in [7, 11) is 0. The Morgan fingerprint density at radius 3 is 2.76 bits per heavy atom. The molecule has 0 aromatic carbocycles. The highest BCUT2D eigenvalue weighted by Crippen LogP contribution is 2.27. The van der Waals surface area contributed by atoms with Gasteiger partial charge >= 0.3 is 5.97 Å². The second kappa shape index (κ2) is 6.80. The van der Waals surface area contributed by atoms with E-state index in [-0.39, 0.29) is 11.8 Å². The number of thioether (sulfide) groups is 1. The number of nitrogens with zero attached hydrogens (tertiary/aromatic N) is 4. The molecule has 1 N–H and O–H groups in total. The Bertz CT molecular complexity index is 592. The molecule has 21 heavy (non-hydrogen) atoms. The molecule has 0 bridgehead atoms. The summed E-state index contributed by atoms with van der Waals surface area (Å²) in [5.74, 6) is -0.486. The van der Waals surface area contributed by atoms with Gasteiger partial charge in [-0.25, -0.2) is 4.98 Å². The van der Waals surface area contributed by atoms with E-state index in [1.807, 2.05) is 23.1 Å². The number of rotatable bonds is 7. The Morgan fingerprint density at radius 1 is 1.43 bits per heavy atom. The van der Waals surface area contributed by atoms with Gasteiger partial charge in [-0.1, -0.05) is 25.6 Å². The van der Waals surface area contributed by atoms with Crippen LogP contribution in [0.1, 0.15) is 38.4 Å². The van der Waals surface area contributed by atoms with Crippen molar-refractivity contribution in [2.45, 2.75) is 44.4 Å². The first kappa shape index (κ1) is 15.6. The van der Waals surface area contributed by atoms with Crippen molar-refractivity contribution in [2.24, 2.45) is 0 Å². The minimum atomic E-state index is -0.833. The number of carboxylic acid groups (broad SMARTS) is 1. The monoisotopic (exact) mass is 308 g/mol. The molecule has 2 rings (SSSR count). The van der Waals surface area contributed by atoms with Crippen molar-refractivity contribution < 1.29 is 9.90 Å². The molecule has 0 aliphatic carbocycles. The molecule has 6 nitrogen and oxygen atoms in total. The van der Waals surface area contributed by atoms with Crippen LogP contribution in [-0.2, 0) is 11.3 Å². The SMILES string of the molecule is CC(C)c1cnc(SCC(=O)O)n1C(C)Cn1cccn1. The maximum absolute atomic E-state index is 10.8. The fourth-order valence-electron chi connectivity index (χ4n) is 2.22. The van der Waals surface area contributed by atoms with Crippen molar-refractivity contribution in [1.29, 1.82) is 0 Å². The van der Waals surface area contributed by atoms with Crippen LogP contribution in [0.15, 0.2) is 29.8 Å². The minimum Gasteiger partial charge on any atom is -0.481 e. The van der Waals surface area contributed by atoms with Gasteiger partial charge in [0, 0.05) is 24.3 Å². The van der Waals surface area contributed by atoms with E-state index < -0.39 is 5.97 Å². The summed E-state index contributed by atoms with van der Waals surface area (Å²) >= 11 is 1.26. The summed E-state index contributed by atoms with van der Waals surface area (Å²) in [5, 5.41) is 13.8. The third-order valence-electron chi connectivity index (χ3n) is 3.16. The Labute approximate surface area is 128 Å². The predicted molar refractivity (Wildman–Crippen MR) is 81.6 cm³/mol. The Hall–Kier alpha value is -1.76. The topological polar surface area (TPSA) is 72.9 Å². The van der Waals surface area contributed by atoms with E-state index in [0.717, 1.165) is 17.4 Å². The summed E-state index contributed by atoms with van der Waals surface area (Å²) in [4.78, 5) is 15.2. The molecular formula is C14H20N4O2S. The van der Waals surface area contributed by atoms with E-state index in [2.05, 4.69) is 35.4 Å². The molecule has 0 aliphatic heterocycles. The molecule has 0 saturated heterocycles. The van der Waals surface area contributed by atoms with Gasteiger partial charge in [-0.2, -0.15) is 5.10 Å². The van der Waals surface area contributed by atoms with Gasteiger partial charge in [0.05, 0.1) is 18.3 Å².